The quantitative estimate of drug-likeness (QED) is 0.302. The zero-order chi connectivity index (χ0) is 21.1. The summed E-state index contributed by atoms with van der Waals surface area (Å²) in [6.07, 6.45) is -0.306. The summed E-state index contributed by atoms with van der Waals surface area (Å²) in [6, 6.07) is 7.72. The fraction of sp³-hybridized carbons (Fsp3) is 0.188. The number of sulfone groups is 1. The van der Waals surface area contributed by atoms with Crippen molar-refractivity contribution in [3.05, 3.63) is 68.3 Å². The van der Waals surface area contributed by atoms with Gasteiger partial charge in [-0.3, -0.25) is 20.2 Å². The number of carbonyl (C=O) groups excluding carboxylic acids is 1. The molecule has 1 unspecified atom stereocenters. The van der Waals surface area contributed by atoms with Crippen LogP contribution in [0.2, 0.25) is 0 Å². The fourth-order valence-corrected chi connectivity index (χ4v) is 2.78. The number of hydrogen-bond acceptors (Lipinski definition) is 9. The molecule has 0 aliphatic heterocycles. The van der Waals surface area contributed by atoms with Crippen molar-refractivity contribution in [1.29, 1.82) is 0 Å². The van der Waals surface area contributed by atoms with Gasteiger partial charge in [-0.05, 0) is 25.1 Å². The summed E-state index contributed by atoms with van der Waals surface area (Å²) in [5.74, 6) is -0.273. The second-order valence-electron chi connectivity index (χ2n) is 5.66. The van der Waals surface area contributed by atoms with Gasteiger partial charge in [0.1, 0.15) is 11.5 Å². The molecule has 0 aliphatic rings. The van der Waals surface area contributed by atoms with Crippen LogP contribution >= 0.6 is 0 Å². The first-order valence-corrected chi connectivity index (χ1v) is 9.56. The van der Waals surface area contributed by atoms with Crippen LogP contribution < -0.4 is 9.47 Å². The lowest BCUT2D eigenvalue weighted by Crippen LogP contribution is -2.17. The molecule has 0 N–H and O–H groups in total. The van der Waals surface area contributed by atoms with E-state index in [9.17, 15) is 33.4 Å². The normalized spacial score (nSPS) is 12.1. The van der Waals surface area contributed by atoms with Crippen LogP contribution in [0.15, 0.2) is 42.5 Å². The van der Waals surface area contributed by atoms with Gasteiger partial charge >= 0.3 is 6.16 Å². The van der Waals surface area contributed by atoms with Gasteiger partial charge in [-0.15, -0.1) is 0 Å². The van der Waals surface area contributed by atoms with Crippen molar-refractivity contribution in [3.8, 4) is 11.5 Å². The van der Waals surface area contributed by atoms with Crippen molar-refractivity contribution >= 4 is 27.4 Å². The molecule has 0 aliphatic carbocycles. The summed E-state index contributed by atoms with van der Waals surface area (Å²) < 4.78 is 33.5. The highest BCUT2D eigenvalue weighted by molar-refractivity contribution is 7.90. The first-order chi connectivity index (χ1) is 13.0. The van der Waals surface area contributed by atoms with E-state index in [0.717, 1.165) is 36.6 Å². The van der Waals surface area contributed by atoms with Gasteiger partial charge in [0.15, 0.2) is 9.84 Å². The van der Waals surface area contributed by atoms with Gasteiger partial charge < -0.3 is 9.47 Å². The number of nitrogens with zero attached hydrogens (tertiary/aromatic N) is 2. The smallest absolute Gasteiger partial charge is 0.395 e. The van der Waals surface area contributed by atoms with Crippen molar-refractivity contribution in [2.24, 2.45) is 0 Å². The second-order valence-corrected chi connectivity index (χ2v) is 8.02. The highest BCUT2D eigenvalue weighted by atomic mass is 32.2. The molecule has 11 nitrogen and oxygen atoms in total. The topological polar surface area (TPSA) is 156 Å². The zero-order valence-electron chi connectivity index (χ0n) is 14.6. The van der Waals surface area contributed by atoms with Crippen molar-refractivity contribution in [2.45, 2.75) is 12.2 Å². The van der Waals surface area contributed by atoms with E-state index in [-0.39, 0.29) is 28.4 Å². The summed E-state index contributed by atoms with van der Waals surface area (Å²) in [4.78, 5) is 32.2. The van der Waals surface area contributed by atoms with Crippen LogP contribution in [0.5, 0.6) is 11.5 Å². The highest BCUT2D eigenvalue weighted by Gasteiger charge is 2.25. The molecular formula is C16H14N2O9S. The Morgan fingerprint density at radius 1 is 0.964 bits per heavy atom. The number of rotatable bonds is 6. The number of benzene rings is 2. The van der Waals surface area contributed by atoms with E-state index in [1.165, 1.54) is 19.1 Å². The molecular weight excluding hydrogens is 396 g/mol. The van der Waals surface area contributed by atoms with E-state index in [2.05, 4.69) is 0 Å². The molecule has 2 aromatic rings. The third-order valence-corrected chi connectivity index (χ3v) is 5.26. The van der Waals surface area contributed by atoms with Crippen molar-refractivity contribution < 1.29 is 32.5 Å². The minimum absolute atomic E-state index is 0.0461. The summed E-state index contributed by atoms with van der Waals surface area (Å²) in [7, 11) is -3.65. The lowest BCUT2D eigenvalue weighted by atomic mass is 10.1. The zero-order valence-corrected chi connectivity index (χ0v) is 15.4. The molecule has 0 heterocycles. The summed E-state index contributed by atoms with van der Waals surface area (Å²) >= 11 is 0. The van der Waals surface area contributed by atoms with E-state index >= 15 is 0 Å². The van der Waals surface area contributed by atoms with E-state index < -0.39 is 31.1 Å². The van der Waals surface area contributed by atoms with Crippen LogP contribution in [0.25, 0.3) is 0 Å². The predicted molar refractivity (Wildman–Crippen MR) is 96.1 cm³/mol. The van der Waals surface area contributed by atoms with E-state index in [0.29, 0.717) is 0 Å². The third-order valence-electron chi connectivity index (χ3n) is 3.73. The summed E-state index contributed by atoms with van der Waals surface area (Å²) in [5.41, 5.74) is -0.667. The Hall–Kier alpha value is -3.54. The predicted octanol–water partition coefficient (Wildman–Crippen LogP) is 3.19. The average Bonchev–Trinajstić information content (AvgIpc) is 2.60. The van der Waals surface area contributed by atoms with Crippen molar-refractivity contribution in [3.63, 3.8) is 0 Å². The van der Waals surface area contributed by atoms with E-state index in [4.69, 9.17) is 9.47 Å². The van der Waals surface area contributed by atoms with Gasteiger partial charge in [-0.2, -0.15) is 0 Å². The molecule has 28 heavy (non-hydrogen) atoms. The fourth-order valence-electron chi connectivity index (χ4n) is 2.13. The molecule has 0 spiro atoms. The Balaban J connectivity index is 2.27. The van der Waals surface area contributed by atoms with Crippen LogP contribution in [0.4, 0.5) is 16.2 Å². The molecule has 12 heteroatoms. The Morgan fingerprint density at radius 3 is 2.00 bits per heavy atom. The van der Waals surface area contributed by atoms with Gasteiger partial charge in [-0.1, -0.05) is 0 Å². The highest BCUT2D eigenvalue weighted by Crippen LogP contribution is 2.33. The molecule has 0 saturated heterocycles. The van der Waals surface area contributed by atoms with Crippen molar-refractivity contribution in [2.75, 3.05) is 6.26 Å². The molecule has 148 valence electrons. The monoisotopic (exact) mass is 410 g/mol. The number of ether oxygens (including phenoxy) is 2. The van der Waals surface area contributed by atoms with Crippen LogP contribution in [0.1, 0.15) is 17.7 Å². The maximum atomic E-state index is 12.0. The lowest BCUT2D eigenvalue weighted by molar-refractivity contribution is -0.385. The Bertz CT molecular complexity index is 1030. The molecule has 0 bridgehead atoms. The van der Waals surface area contributed by atoms with Crippen LogP contribution in [0, 0.1) is 20.2 Å². The van der Waals surface area contributed by atoms with Gasteiger partial charge in [-0.25, -0.2) is 13.2 Å². The molecule has 0 saturated carbocycles. The molecule has 0 aromatic heterocycles. The van der Waals surface area contributed by atoms with E-state index in [1.54, 1.807) is 0 Å². The van der Waals surface area contributed by atoms with E-state index in [1.807, 2.05) is 0 Å². The third kappa shape index (κ3) is 5.01. The molecule has 0 radical (unpaired) electrons. The molecule has 0 fully saturated rings. The first kappa shape index (κ1) is 20.8. The molecule has 1 atom stereocenters. The minimum atomic E-state index is -3.65. The summed E-state index contributed by atoms with van der Waals surface area (Å²) in [5, 5.41) is 20.4. The average molecular weight is 410 g/mol. The van der Waals surface area contributed by atoms with Crippen LogP contribution in [-0.4, -0.2) is 30.7 Å². The van der Waals surface area contributed by atoms with Gasteiger partial charge in [0.2, 0.25) is 0 Å². The molecule has 2 rings (SSSR count). The number of carbonyl (C=O) groups is 1. The number of hydrogen-bond donors (Lipinski definition) is 0. The Kier molecular flexibility index (Phi) is 5.93. The minimum Gasteiger partial charge on any atom is -0.395 e. The van der Waals surface area contributed by atoms with Gasteiger partial charge in [0, 0.05) is 36.1 Å². The van der Waals surface area contributed by atoms with Crippen LogP contribution in [-0.2, 0) is 9.84 Å². The SMILES string of the molecule is CC(c1cc([N+](=O)[O-])ccc1OC(=O)Oc1ccc([N+](=O)[O-])cc1)S(C)(=O)=O. The number of nitro groups is 2. The maximum Gasteiger partial charge on any atom is 0.519 e. The van der Waals surface area contributed by atoms with Crippen LogP contribution in [0.3, 0.4) is 0 Å². The summed E-state index contributed by atoms with van der Waals surface area (Å²) in [6.45, 7) is 1.29. The lowest BCUT2D eigenvalue weighted by Gasteiger charge is -2.14. The first-order valence-electron chi connectivity index (χ1n) is 7.60. The molecule has 2 aromatic carbocycles. The maximum absolute atomic E-state index is 12.0. The van der Waals surface area contributed by atoms with Crippen molar-refractivity contribution in [1.82, 2.24) is 0 Å². The number of non-ortho nitro benzene ring substituents is 2. The van der Waals surface area contributed by atoms with Gasteiger partial charge in [0.25, 0.3) is 11.4 Å². The molecule has 0 amide bonds. The number of nitro benzene ring substituents is 2. The Labute approximate surface area is 158 Å². The Morgan fingerprint density at radius 2 is 1.50 bits per heavy atom. The standard InChI is InChI=1S/C16H14N2O9S/c1-10(28(2,24)25)14-9-12(18(22)23)5-8-15(14)27-16(19)26-13-6-3-11(4-7-13)17(20)21/h3-10H,1-2H3. The van der Waals surface area contributed by atoms with Gasteiger partial charge in [0.05, 0.1) is 15.1 Å². The second kappa shape index (κ2) is 8.00. The largest absolute Gasteiger partial charge is 0.519 e.